The molecular formula is C28H21FN4O4. The number of benzene rings is 3. The molecule has 1 N–H and O–H groups in total. The Labute approximate surface area is 211 Å². The van der Waals surface area contributed by atoms with Crippen LogP contribution in [0.5, 0.6) is 0 Å². The van der Waals surface area contributed by atoms with Crippen LogP contribution in [0.25, 0.3) is 0 Å². The van der Waals surface area contributed by atoms with Gasteiger partial charge in [0.15, 0.2) is 5.54 Å². The van der Waals surface area contributed by atoms with Gasteiger partial charge in [0.05, 0.1) is 30.1 Å². The number of amides is 4. The van der Waals surface area contributed by atoms with Crippen LogP contribution in [0.3, 0.4) is 0 Å². The summed E-state index contributed by atoms with van der Waals surface area (Å²) in [6.07, 6.45) is -0.00662. The molecule has 3 unspecified atom stereocenters. The SMILES string of the molecule is O=C1CC2C3C(=O)N(c4ccc(F)cc4)C(=O)C3[C@@]3(C(=O)N(Cc4ccccc4)c4ccccc43)N2N1. The van der Waals surface area contributed by atoms with Crippen molar-refractivity contribution in [3.05, 3.63) is 95.8 Å². The summed E-state index contributed by atoms with van der Waals surface area (Å²) < 4.78 is 13.6. The fourth-order valence-corrected chi connectivity index (χ4v) is 6.61. The van der Waals surface area contributed by atoms with Crippen molar-refractivity contribution in [1.29, 1.82) is 0 Å². The van der Waals surface area contributed by atoms with Crippen molar-refractivity contribution in [3.8, 4) is 0 Å². The van der Waals surface area contributed by atoms with E-state index in [-0.39, 0.29) is 30.5 Å². The molecule has 4 aliphatic rings. The zero-order valence-corrected chi connectivity index (χ0v) is 19.5. The Morgan fingerprint density at radius 1 is 0.865 bits per heavy atom. The zero-order chi connectivity index (χ0) is 25.5. The van der Waals surface area contributed by atoms with Crippen molar-refractivity contribution in [2.24, 2.45) is 11.8 Å². The zero-order valence-electron chi connectivity index (χ0n) is 19.5. The van der Waals surface area contributed by atoms with E-state index in [1.807, 2.05) is 42.5 Å². The molecule has 4 atom stereocenters. The molecule has 3 aromatic rings. The second-order valence-electron chi connectivity index (χ2n) is 9.83. The fraction of sp³-hybridized carbons (Fsp3) is 0.214. The van der Waals surface area contributed by atoms with E-state index in [9.17, 15) is 23.6 Å². The van der Waals surface area contributed by atoms with Crippen LogP contribution in [0.2, 0.25) is 0 Å². The van der Waals surface area contributed by atoms with Gasteiger partial charge in [-0.15, -0.1) is 0 Å². The number of para-hydroxylation sites is 1. The summed E-state index contributed by atoms with van der Waals surface area (Å²) in [5.41, 5.74) is 3.60. The first-order chi connectivity index (χ1) is 17.9. The first-order valence-electron chi connectivity index (χ1n) is 12.1. The maximum absolute atomic E-state index is 14.5. The predicted octanol–water partition coefficient (Wildman–Crippen LogP) is 2.49. The molecule has 4 amide bonds. The highest BCUT2D eigenvalue weighted by molar-refractivity contribution is 6.26. The van der Waals surface area contributed by atoms with E-state index >= 15 is 0 Å². The van der Waals surface area contributed by atoms with Gasteiger partial charge in [-0.05, 0) is 35.9 Å². The molecule has 4 heterocycles. The molecule has 3 saturated heterocycles. The van der Waals surface area contributed by atoms with E-state index < -0.39 is 41.0 Å². The third-order valence-corrected chi connectivity index (χ3v) is 8.01. The van der Waals surface area contributed by atoms with Gasteiger partial charge in [-0.1, -0.05) is 48.5 Å². The number of rotatable bonds is 3. The summed E-state index contributed by atoms with van der Waals surface area (Å²) >= 11 is 0. The topological polar surface area (TPSA) is 90.0 Å². The molecule has 9 heteroatoms. The number of imide groups is 1. The minimum Gasteiger partial charge on any atom is -0.306 e. The van der Waals surface area contributed by atoms with Crippen molar-refractivity contribution in [3.63, 3.8) is 0 Å². The number of nitrogens with zero attached hydrogens (tertiary/aromatic N) is 3. The van der Waals surface area contributed by atoms with Gasteiger partial charge in [0.25, 0.3) is 5.91 Å². The van der Waals surface area contributed by atoms with Gasteiger partial charge in [-0.25, -0.2) is 9.29 Å². The van der Waals surface area contributed by atoms with Gasteiger partial charge in [0.2, 0.25) is 17.7 Å². The molecule has 0 saturated carbocycles. The number of carbonyl (C=O) groups is 4. The van der Waals surface area contributed by atoms with Crippen molar-refractivity contribution < 1.29 is 23.6 Å². The molecule has 0 aromatic heterocycles. The summed E-state index contributed by atoms with van der Waals surface area (Å²) in [6, 6.07) is 21.2. The van der Waals surface area contributed by atoms with Crippen LogP contribution in [0.4, 0.5) is 15.8 Å². The van der Waals surface area contributed by atoms with Crippen LogP contribution in [0, 0.1) is 17.7 Å². The van der Waals surface area contributed by atoms with Crippen LogP contribution in [0.15, 0.2) is 78.9 Å². The minimum absolute atomic E-state index is 0.00662. The highest BCUT2D eigenvalue weighted by Gasteiger charge is 2.77. The van der Waals surface area contributed by atoms with E-state index in [1.54, 1.807) is 22.0 Å². The minimum atomic E-state index is -1.58. The number of carbonyl (C=O) groups excluding carboxylic acids is 4. The molecule has 1 spiro atoms. The number of hydrogen-bond donors (Lipinski definition) is 1. The number of halogens is 1. The highest BCUT2D eigenvalue weighted by Crippen LogP contribution is 2.60. The van der Waals surface area contributed by atoms with Crippen LogP contribution in [0.1, 0.15) is 17.5 Å². The maximum Gasteiger partial charge on any atom is 0.255 e. The summed E-state index contributed by atoms with van der Waals surface area (Å²) in [5.74, 6) is -4.15. The van der Waals surface area contributed by atoms with Gasteiger partial charge < -0.3 is 4.90 Å². The maximum atomic E-state index is 14.5. The normalized spacial score (nSPS) is 28.2. The lowest BCUT2D eigenvalue weighted by atomic mass is 9.76. The largest absolute Gasteiger partial charge is 0.306 e. The van der Waals surface area contributed by atoms with E-state index in [1.165, 1.54) is 24.3 Å². The van der Waals surface area contributed by atoms with Gasteiger partial charge in [-0.3, -0.25) is 24.6 Å². The Morgan fingerprint density at radius 2 is 1.57 bits per heavy atom. The molecule has 8 nitrogen and oxygen atoms in total. The van der Waals surface area contributed by atoms with Gasteiger partial charge in [-0.2, -0.15) is 5.01 Å². The third-order valence-electron chi connectivity index (χ3n) is 8.01. The van der Waals surface area contributed by atoms with E-state index in [2.05, 4.69) is 5.43 Å². The van der Waals surface area contributed by atoms with Crippen LogP contribution >= 0.6 is 0 Å². The summed E-state index contributed by atoms with van der Waals surface area (Å²) in [4.78, 5) is 57.7. The number of fused-ring (bicyclic) bond motifs is 7. The molecule has 0 aliphatic carbocycles. The number of anilines is 2. The third kappa shape index (κ3) is 2.74. The van der Waals surface area contributed by atoms with Crippen molar-refractivity contribution in [2.45, 2.75) is 24.5 Å². The molecule has 0 radical (unpaired) electrons. The summed E-state index contributed by atoms with van der Waals surface area (Å²) in [5, 5.41) is 1.56. The quantitative estimate of drug-likeness (QED) is 0.563. The van der Waals surface area contributed by atoms with E-state index in [0.717, 1.165) is 10.5 Å². The molecule has 4 aliphatic heterocycles. The average Bonchev–Trinajstić information content (AvgIpc) is 3.56. The summed E-state index contributed by atoms with van der Waals surface area (Å²) in [6.45, 7) is 0.270. The average molecular weight is 496 g/mol. The molecule has 37 heavy (non-hydrogen) atoms. The van der Waals surface area contributed by atoms with Crippen molar-refractivity contribution >= 4 is 35.0 Å². The first kappa shape index (κ1) is 21.9. The second-order valence-corrected chi connectivity index (χ2v) is 9.83. The monoisotopic (exact) mass is 496 g/mol. The first-order valence-corrected chi connectivity index (χ1v) is 12.1. The Balaban J connectivity index is 1.41. The molecule has 3 fully saturated rings. The number of hydrogen-bond acceptors (Lipinski definition) is 5. The molecule has 7 rings (SSSR count). The number of hydrazine groups is 1. The lowest BCUT2D eigenvalue weighted by Crippen LogP contribution is -2.59. The van der Waals surface area contributed by atoms with Crippen molar-refractivity contribution in [1.82, 2.24) is 10.4 Å². The standard InChI is InChI=1S/C28H21FN4O4/c29-17-10-12-18(13-11-17)32-25(35)23-21-14-22(34)30-33(21)28(24(23)26(32)36)19-8-4-5-9-20(19)31(27(28)37)15-16-6-2-1-3-7-16/h1-13,21,23-24H,14-15H2,(H,30,34)/t21?,23?,24?,28-/m0/s1. The van der Waals surface area contributed by atoms with Gasteiger partial charge in [0, 0.05) is 17.7 Å². The molecule has 0 bridgehead atoms. The smallest absolute Gasteiger partial charge is 0.255 e. The molecule has 3 aromatic carbocycles. The Hall–Kier alpha value is -4.37. The predicted molar refractivity (Wildman–Crippen MR) is 130 cm³/mol. The van der Waals surface area contributed by atoms with Crippen LogP contribution in [-0.2, 0) is 31.3 Å². The molecular weight excluding hydrogens is 475 g/mol. The fourth-order valence-electron chi connectivity index (χ4n) is 6.61. The lowest BCUT2D eigenvalue weighted by Gasteiger charge is -2.36. The highest BCUT2D eigenvalue weighted by atomic mass is 19.1. The van der Waals surface area contributed by atoms with Crippen molar-refractivity contribution in [2.75, 3.05) is 9.80 Å². The van der Waals surface area contributed by atoms with E-state index in [4.69, 9.17) is 0 Å². The second kappa shape index (κ2) is 7.57. The Bertz CT molecular complexity index is 1490. The van der Waals surface area contributed by atoms with Crippen LogP contribution in [-0.4, -0.2) is 34.7 Å². The van der Waals surface area contributed by atoms with Gasteiger partial charge in [0.1, 0.15) is 5.82 Å². The van der Waals surface area contributed by atoms with Crippen LogP contribution < -0.4 is 15.2 Å². The molecule has 184 valence electrons. The number of nitrogens with one attached hydrogen (secondary N) is 1. The summed E-state index contributed by atoms with van der Waals surface area (Å²) in [7, 11) is 0. The Kier molecular flexibility index (Phi) is 4.47. The van der Waals surface area contributed by atoms with Gasteiger partial charge >= 0.3 is 0 Å². The Morgan fingerprint density at radius 3 is 2.32 bits per heavy atom. The lowest BCUT2D eigenvalue weighted by molar-refractivity contribution is -0.140. The van der Waals surface area contributed by atoms with E-state index in [0.29, 0.717) is 11.3 Å².